The van der Waals surface area contributed by atoms with Gasteiger partial charge in [0, 0.05) is 11.4 Å². The van der Waals surface area contributed by atoms with Gasteiger partial charge in [0.1, 0.15) is 4.90 Å². The maximum atomic E-state index is 11.9. The molecule has 0 aromatic carbocycles. The number of aliphatic hydroxyl groups is 1. The summed E-state index contributed by atoms with van der Waals surface area (Å²) in [5.74, 6) is 0.254. The first-order valence-corrected chi connectivity index (χ1v) is 7.85. The molecule has 0 aliphatic heterocycles. The molecule has 0 fully saturated rings. The van der Waals surface area contributed by atoms with Crippen LogP contribution >= 0.6 is 27.3 Å². The third-order valence-electron chi connectivity index (χ3n) is 1.83. The number of aliphatic hydroxyl groups excluding tert-OH is 1. The largest absolute Gasteiger partial charge is 0.391 e. The van der Waals surface area contributed by atoms with E-state index in [-0.39, 0.29) is 17.4 Å². The number of nitrogens with one attached hydrogen (secondary N) is 1. The Bertz CT molecular complexity index is 453. The van der Waals surface area contributed by atoms with Crippen molar-refractivity contribution in [2.45, 2.75) is 25.3 Å². The van der Waals surface area contributed by atoms with Gasteiger partial charge in [-0.1, -0.05) is 13.8 Å². The number of halogens is 1. The first kappa shape index (κ1) is 14.1. The van der Waals surface area contributed by atoms with Crippen LogP contribution in [0.2, 0.25) is 0 Å². The van der Waals surface area contributed by atoms with E-state index >= 15 is 0 Å². The summed E-state index contributed by atoms with van der Waals surface area (Å²) in [6, 6.07) is 1.48. The van der Waals surface area contributed by atoms with Gasteiger partial charge in [-0.3, -0.25) is 0 Å². The van der Waals surface area contributed by atoms with Gasteiger partial charge in [-0.2, -0.15) is 0 Å². The second-order valence-corrected chi connectivity index (χ2v) is 7.94. The van der Waals surface area contributed by atoms with Crippen molar-refractivity contribution in [1.29, 1.82) is 0 Å². The molecule has 7 heteroatoms. The van der Waals surface area contributed by atoms with Gasteiger partial charge >= 0.3 is 0 Å². The van der Waals surface area contributed by atoms with E-state index in [0.29, 0.717) is 15.2 Å². The minimum Gasteiger partial charge on any atom is -0.391 e. The Labute approximate surface area is 108 Å². The Balaban J connectivity index is 2.93. The second-order valence-electron chi connectivity index (χ2n) is 3.75. The lowest BCUT2D eigenvalue weighted by atomic mass is 10.2. The van der Waals surface area contributed by atoms with Crippen molar-refractivity contribution in [3.8, 4) is 0 Å². The molecule has 16 heavy (non-hydrogen) atoms. The average molecular weight is 328 g/mol. The first-order valence-electron chi connectivity index (χ1n) is 4.75. The van der Waals surface area contributed by atoms with Gasteiger partial charge in [-0.05, 0) is 27.9 Å². The van der Waals surface area contributed by atoms with Crippen molar-refractivity contribution in [2.75, 3.05) is 6.54 Å². The summed E-state index contributed by atoms with van der Waals surface area (Å²) in [4.78, 5) is 0.819. The standard InChI is InChI=1S/C9H14BrNO3S2/c1-6(2)4-11-16(13,14)8-3-7(5-12)15-9(8)10/h3,6,11-12H,4-5H2,1-2H3. The Morgan fingerprint density at radius 1 is 1.56 bits per heavy atom. The van der Waals surface area contributed by atoms with Crippen LogP contribution in [0.15, 0.2) is 14.7 Å². The SMILES string of the molecule is CC(C)CNS(=O)(=O)c1cc(CO)sc1Br. The predicted octanol–water partition coefficient (Wildman–Crippen LogP) is 1.94. The minimum absolute atomic E-state index is 0.150. The smallest absolute Gasteiger partial charge is 0.242 e. The molecule has 0 amide bonds. The second kappa shape index (κ2) is 5.59. The van der Waals surface area contributed by atoms with Crippen LogP contribution in [-0.2, 0) is 16.6 Å². The van der Waals surface area contributed by atoms with E-state index in [2.05, 4.69) is 20.7 Å². The summed E-state index contributed by atoms with van der Waals surface area (Å²) in [7, 11) is -3.47. The highest BCUT2D eigenvalue weighted by Crippen LogP contribution is 2.31. The highest BCUT2D eigenvalue weighted by molar-refractivity contribution is 9.11. The number of hydrogen-bond acceptors (Lipinski definition) is 4. The number of thiophene rings is 1. The van der Waals surface area contributed by atoms with Crippen LogP contribution in [-0.4, -0.2) is 20.1 Å². The molecule has 0 saturated heterocycles. The molecule has 1 aromatic rings. The van der Waals surface area contributed by atoms with Gasteiger partial charge in [0.25, 0.3) is 0 Å². The van der Waals surface area contributed by atoms with Gasteiger partial charge in [0.05, 0.1) is 10.4 Å². The van der Waals surface area contributed by atoms with Crippen LogP contribution in [0.3, 0.4) is 0 Å². The van der Waals surface area contributed by atoms with Crippen LogP contribution in [0.4, 0.5) is 0 Å². The summed E-state index contributed by atoms with van der Waals surface area (Å²) in [5.41, 5.74) is 0. The van der Waals surface area contributed by atoms with Crippen molar-refractivity contribution in [3.05, 3.63) is 14.7 Å². The normalized spacial score (nSPS) is 12.3. The maximum Gasteiger partial charge on any atom is 0.242 e. The zero-order valence-electron chi connectivity index (χ0n) is 9.03. The summed E-state index contributed by atoms with van der Waals surface area (Å²) in [6.45, 7) is 4.12. The molecule has 92 valence electrons. The lowest BCUT2D eigenvalue weighted by Gasteiger charge is -2.07. The molecular weight excluding hydrogens is 314 g/mol. The van der Waals surface area contributed by atoms with E-state index in [1.54, 1.807) is 0 Å². The quantitative estimate of drug-likeness (QED) is 0.868. The molecule has 0 spiro atoms. The topological polar surface area (TPSA) is 66.4 Å². The summed E-state index contributed by atoms with van der Waals surface area (Å²) in [5, 5.41) is 8.93. The van der Waals surface area contributed by atoms with Crippen molar-refractivity contribution in [3.63, 3.8) is 0 Å². The zero-order chi connectivity index (χ0) is 12.3. The molecule has 0 aliphatic carbocycles. The summed E-state index contributed by atoms with van der Waals surface area (Å²) >= 11 is 4.41. The van der Waals surface area contributed by atoms with Gasteiger partial charge in [-0.15, -0.1) is 11.3 Å². The highest BCUT2D eigenvalue weighted by atomic mass is 79.9. The Hall–Kier alpha value is 0.0500. The lowest BCUT2D eigenvalue weighted by Crippen LogP contribution is -2.27. The average Bonchev–Trinajstić information content (AvgIpc) is 2.57. The number of sulfonamides is 1. The molecule has 1 rings (SSSR count). The van der Waals surface area contributed by atoms with E-state index in [1.807, 2.05) is 13.8 Å². The van der Waals surface area contributed by atoms with Crippen LogP contribution < -0.4 is 4.72 Å². The van der Waals surface area contributed by atoms with Crippen LogP contribution in [0.5, 0.6) is 0 Å². The summed E-state index contributed by atoms with van der Waals surface area (Å²) < 4.78 is 26.8. The molecular formula is C9H14BrNO3S2. The van der Waals surface area contributed by atoms with E-state index in [1.165, 1.54) is 17.4 Å². The molecule has 0 bridgehead atoms. The van der Waals surface area contributed by atoms with Crippen molar-refractivity contribution < 1.29 is 13.5 Å². The molecule has 4 nitrogen and oxygen atoms in total. The molecule has 0 radical (unpaired) electrons. The highest BCUT2D eigenvalue weighted by Gasteiger charge is 2.20. The van der Waals surface area contributed by atoms with Crippen LogP contribution in [0, 0.1) is 5.92 Å². The fourth-order valence-electron chi connectivity index (χ4n) is 1.01. The Morgan fingerprint density at radius 3 is 2.62 bits per heavy atom. The third-order valence-corrected chi connectivity index (χ3v) is 5.49. The fourth-order valence-corrected chi connectivity index (χ4v) is 4.77. The third kappa shape index (κ3) is 3.53. The van der Waals surface area contributed by atoms with Crippen molar-refractivity contribution in [2.24, 2.45) is 5.92 Å². The van der Waals surface area contributed by atoms with Gasteiger partial charge in [0.2, 0.25) is 10.0 Å². The predicted molar refractivity (Wildman–Crippen MR) is 68.0 cm³/mol. The van der Waals surface area contributed by atoms with Crippen molar-refractivity contribution >= 4 is 37.3 Å². The lowest BCUT2D eigenvalue weighted by molar-refractivity contribution is 0.285. The van der Waals surface area contributed by atoms with Gasteiger partial charge in [-0.25, -0.2) is 13.1 Å². The number of hydrogen-bond donors (Lipinski definition) is 2. The molecule has 1 heterocycles. The Morgan fingerprint density at radius 2 is 2.19 bits per heavy atom. The molecule has 0 aliphatic rings. The van der Waals surface area contributed by atoms with Gasteiger partial charge < -0.3 is 5.11 Å². The van der Waals surface area contributed by atoms with Crippen molar-refractivity contribution in [1.82, 2.24) is 4.72 Å². The summed E-state index contributed by atoms with van der Waals surface area (Å²) in [6.07, 6.45) is 0. The molecule has 0 atom stereocenters. The fraction of sp³-hybridized carbons (Fsp3) is 0.556. The van der Waals surface area contributed by atoms with Crippen LogP contribution in [0.25, 0.3) is 0 Å². The zero-order valence-corrected chi connectivity index (χ0v) is 12.2. The number of rotatable bonds is 5. The maximum absolute atomic E-state index is 11.9. The van der Waals surface area contributed by atoms with E-state index in [0.717, 1.165) is 0 Å². The molecule has 0 unspecified atom stereocenters. The van der Waals surface area contributed by atoms with E-state index < -0.39 is 10.0 Å². The van der Waals surface area contributed by atoms with Gasteiger partial charge in [0.15, 0.2) is 0 Å². The Kier molecular flexibility index (Phi) is 4.93. The van der Waals surface area contributed by atoms with E-state index in [9.17, 15) is 8.42 Å². The van der Waals surface area contributed by atoms with Crippen LogP contribution in [0.1, 0.15) is 18.7 Å². The molecule has 1 aromatic heterocycles. The monoisotopic (exact) mass is 327 g/mol. The first-order chi connectivity index (χ1) is 7.36. The molecule has 2 N–H and O–H groups in total. The molecule has 0 saturated carbocycles. The minimum atomic E-state index is -3.47. The van der Waals surface area contributed by atoms with E-state index in [4.69, 9.17) is 5.11 Å².